The third-order valence-corrected chi connectivity index (χ3v) is 3.06. The van der Waals surface area contributed by atoms with Gasteiger partial charge >= 0.3 is 0 Å². The van der Waals surface area contributed by atoms with Crippen molar-refractivity contribution in [3.63, 3.8) is 0 Å². The van der Waals surface area contributed by atoms with E-state index in [0.717, 1.165) is 34.9 Å². The highest BCUT2D eigenvalue weighted by Gasteiger charge is 2.08. The van der Waals surface area contributed by atoms with E-state index in [-0.39, 0.29) is 48.0 Å². The Kier molecular flexibility index (Phi) is 13.6. The number of hydrogen-bond acceptors (Lipinski definition) is 4. The van der Waals surface area contributed by atoms with E-state index in [4.69, 9.17) is 9.47 Å². The fraction of sp³-hybridized carbons (Fsp3) is 0.750. The van der Waals surface area contributed by atoms with Crippen molar-refractivity contribution < 1.29 is 66.4 Å². The fourth-order valence-electron chi connectivity index (χ4n) is 1.89. The van der Waals surface area contributed by atoms with Gasteiger partial charge in [0.1, 0.15) is 0 Å². The molecule has 0 spiro atoms. The van der Waals surface area contributed by atoms with Crippen LogP contribution in [0.4, 0.5) is 0 Å². The molecule has 6 nitrogen and oxygen atoms in total. The van der Waals surface area contributed by atoms with Crippen molar-refractivity contribution in [2.45, 2.75) is 12.8 Å². The lowest BCUT2D eigenvalue weighted by Crippen LogP contribution is -3.00. The zero-order valence-electron chi connectivity index (χ0n) is 15.8. The van der Waals surface area contributed by atoms with Crippen molar-refractivity contribution in [2.24, 2.45) is 0 Å². The molecule has 1 aromatic rings. The van der Waals surface area contributed by atoms with Crippen LogP contribution < -0.4 is 57.4 Å². The van der Waals surface area contributed by atoms with Crippen LogP contribution in [0.3, 0.4) is 0 Å². The molecule has 142 valence electrons. The molecule has 0 amide bonds. The van der Waals surface area contributed by atoms with E-state index >= 15 is 0 Å². The van der Waals surface area contributed by atoms with Crippen LogP contribution in [0.25, 0.3) is 0 Å². The minimum atomic E-state index is 0. The van der Waals surface area contributed by atoms with Crippen molar-refractivity contribution in [3.8, 4) is 11.8 Å². The lowest BCUT2D eigenvalue weighted by molar-refractivity contribution is -0.870. The molecule has 1 aromatic heterocycles. The number of ether oxygens (including phenoxy) is 2. The highest BCUT2D eigenvalue weighted by molar-refractivity contribution is 5.15. The SMILES string of the molecule is C[N+](C)(C)CCCOc1ccc(OCCC[N+](C)(C)C)nn1.[I-].[I-]. The van der Waals surface area contributed by atoms with E-state index in [9.17, 15) is 0 Å². The Morgan fingerprint density at radius 2 is 1.04 bits per heavy atom. The molecule has 0 saturated carbocycles. The molecule has 24 heavy (non-hydrogen) atoms. The predicted octanol–water partition coefficient (Wildman–Crippen LogP) is -4.57. The van der Waals surface area contributed by atoms with Crippen LogP contribution in [0.5, 0.6) is 11.8 Å². The van der Waals surface area contributed by atoms with Crippen LogP contribution in [0.1, 0.15) is 12.8 Å². The molecule has 8 heteroatoms. The first kappa shape index (κ1) is 26.3. The van der Waals surface area contributed by atoms with Crippen LogP contribution in [0.15, 0.2) is 12.1 Å². The van der Waals surface area contributed by atoms with Gasteiger partial charge in [0.05, 0.1) is 68.6 Å². The minimum absolute atomic E-state index is 0. The highest BCUT2D eigenvalue weighted by atomic mass is 127. The van der Waals surface area contributed by atoms with Gasteiger partial charge in [-0.25, -0.2) is 0 Å². The average molecular weight is 566 g/mol. The third kappa shape index (κ3) is 14.4. The largest absolute Gasteiger partial charge is 1.00 e. The second-order valence-corrected chi connectivity index (χ2v) is 7.64. The number of nitrogens with zero attached hydrogens (tertiary/aromatic N) is 4. The summed E-state index contributed by atoms with van der Waals surface area (Å²) in [7, 11) is 13.0. The topological polar surface area (TPSA) is 44.2 Å². The van der Waals surface area contributed by atoms with Crippen molar-refractivity contribution in [3.05, 3.63) is 12.1 Å². The first-order valence-corrected chi connectivity index (χ1v) is 7.86. The summed E-state index contributed by atoms with van der Waals surface area (Å²) in [4.78, 5) is 0. The molecule has 0 radical (unpaired) electrons. The number of rotatable bonds is 10. The Labute approximate surface area is 181 Å². The molecule has 1 rings (SSSR count). The summed E-state index contributed by atoms with van der Waals surface area (Å²) in [6.45, 7) is 3.46. The van der Waals surface area contributed by atoms with E-state index in [1.807, 2.05) is 12.1 Å². The molecule has 1 heterocycles. The summed E-state index contributed by atoms with van der Waals surface area (Å²) in [6, 6.07) is 3.63. The van der Waals surface area contributed by atoms with Crippen molar-refractivity contribution >= 4 is 0 Å². The molecule has 0 atom stereocenters. The summed E-state index contributed by atoms with van der Waals surface area (Å²) in [5.41, 5.74) is 0. The number of halogens is 2. The smallest absolute Gasteiger partial charge is 0.233 e. The maximum atomic E-state index is 5.59. The zero-order valence-corrected chi connectivity index (χ0v) is 20.1. The van der Waals surface area contributed by atoms with E-state index in [1.54, 1.807) is 0 Å². The van der Waals surface area contributed by atoms with Crippen LogP contribution >= 0.6 is 0 Å². The van der Waals surface area contributed by atoms with Gasteiger partial charge in [-0.2, -0.15) is 0 Å². The van der Waals surface area contributed by atoms with Crippen LogP contribution in [-0.4, -0.2) is 87.8 Å². The van der Waals surface area contributed by atoms with Crippen molar-refractivity contribution in [2.75, 3.05) is 68.6 Å². The molecule has 0 aromatic carbocycles. The van der Waals surface area contributed by atoms with Gasteiger partial charge in [-0.15, -0.1) is 10.2 Å². The Morgan fingerprint density at radius 1 is 0.708 bits per heavy atom. The van der Waals surface area contributed by atoms with Crippen molar-refractivity contribution in [1.82, 2.24) is 10.2 Å². The average Bonchev–Trinajstić information content (AvgIpc) is 2.39. The van der Waals surface area contributed by atoms with Gasteiger partial charge in [0.15, 0.2) is 0 Å². The molecule has 0 aliphatic heterocycles. The van der Waals surface area contributed by atoms with Crippen LogP contribution in [0, 0.1) is 0 Å². The summed E-state index contributed by atoms with van der Waals surface area (Å²) in [5, 5.41) is 8.07. The normalized spacial score (nSPS) is 11.2. The molecule has 0 fully saturated rings. The van der Waals surface area contributed by atoms with Gasteiger partial charge in [0, 0.05) is 25.0 Å². The zero-order chi connectivity index (χ0) is 16.6. The monoisotopic (exact) mass is 566 g/mol. The van der Waals surface area contributed by atoms with Crippen molar-refractivity contribution in [1.29, 1.82) is 0 Å². The van der Waals surface area contributed by atoms with Gasteiger partial charge in [0.2, 0.25) is 11.8 Å². The molecule has 0 bridgehead atoms. The minimum Gasteiger partial charge on any atom is -1.00 e. The lowest BCUT2D eigenvalue weighted by atomic mass is 10.4. The molecule has 0 saturated heterocycles. The second kappa shape index (κ2) is 12.4. The summed E-state index contributed by atoms with van der Waals surface area (Å²) < 4.78 is 13.0. The maximum Gasteiger partial charge on any atom is 0.233 e. The quantitative estimate of drug-likeness (QED) is 0.163. The second-order valence-electron chi connectivity index (χ2n) is 7.64. The van der Waals surface area contributed by atoms with E-state index < -0.39 is 0 Å². The Balaban J connectivity index is 0. The molecule has 0 aliphatic rings. The summed E-state index contributed by atoms with van der Waals surface area (Å²) in [6.07, 6.45) is 1.99. The third-order valence-electron chi connectivity index (χ3n) is 3.06. The summed E-state index contributed by atoms with van der Waals surface area (Å²) in [5.74, 6) is 1.11. The van der Waals surface area contributed by atoms with Gasteiger partial charge in [0.25, 0.3) is 0 Å². The van der Waals surface area contributed by atoms with Gasteiger partial charge < -0.3 is 66.4 Å². The Morgan fingerprint density at radius 3 is 1.29 bits per heavy atom. The predicted molar refractivity (Wildman–Crippen MR) is 88.1 cm³/mol. The highest BCUT2D eigenvalue weighted by Crippen LogP contribution is 2.11. The Hall–Kier alpha value is 0.0600. The van der Waals surface area contributed by atoms with Gasteiger partial charge in [-0.3, -0.25) is 0 Å². The molecule has 0 N–H and O–H groups in total. The fourth-order valence-corrected chi connectivity index (χ4v) is 1.89. The Bertz CT molecular complexity index is 390. The van der Waals surface area contributed by atoms with E-state index in [0.29, 0.717) is 25.0 Å². The van der Waals surface area contributed by atoms with Gasteiger partial charge in [-0.05, 0) is 0 Å². The number of hydrogen-bond donors (Lipinski definition) is 0. The first-order valence-electron chi connectivity index (χ1n) is 7.86. The summed E-state index contributed by atoms with van der Waals surface area (Å²) >= 11 is 0. The van der Waals surface area contributed by atoms with Crippen LogP contribution in [0.2, 0.25) is 0 Å². The maximum absolute atomic E-state index is 5.59. The molecular weight excluding hydrogens is 534 g/mol. The molecule has 0 aliphatic carbocycles. The van der Waals surface area contributed by atoms with Gasteiger partial charge in [-0.1, -0.05) is 0 Å². The van der Waals surface area contributed by atoms with E-state index in [1.165, 1.54) is 0 Å². The number of aromatic nitrogens is 2. The van der Waals surface area contributed by atoms with Crippen LogP contribution in [-0.2, 0) is 0 Å². The number of quaternary nitrogens is 2. The standard InChI is InChI=1S/C16H32N4O2.2HI/c1-19(2,3)11-7-13-21-15-9-10-16(18-17-15)22-14-8-12-20(4,5)6;;/h9-10H,7-8,11-14H2,1-6H3;2*1H/q+2;;/p-2. The lowest BCUT2D eigenvalue weighted by Gasteiger charge is -2.23. The molecule has 0 unspecified atom stereocenters. The van der Waals surface area contributed by atoms with E-state index in [2.05, 4.69) is 52.5 Å². The first-order chi connectivity index (χ1) is 10.2. The molecular formula is C16H32I2N4O2.